The van der Waals surface area contributed by atoms with Crippen molar-refractivity contribution in [3.8, 4) is 0 Å². The first-order chi connectivity index (χ1) is 9.06. The molecule has 0 aliphatic rings. The second-order valence-corrected chi connectivity index (χ2v) is 5.67. The number of carbonyl (C=O) groups excluding carboxylic acids is 1. The Bertz CT molecular complexity index is 409. The molecule has 2 N–H and O–H groups in total. The van der Waals surface area contributed by atoms with Gasteiger partial charge >= 0.3 is 0 Å². The Balaban J connectivity index is 2.70. The van der Waals surface area contributed by atoms with E-state index < -0.39 is 0 Å². The van der Waals surface area contributed by atoms with E-state index in [0.717, 1.165) is 17.9 Å². The molecule has 1 aromatic rings. The highest BCUT2D eigenvalue weighted by atomic mass is 32.2. The minimum absolute atomic E-state index is 0.0356. The van der Waals surface area contributed by atoms with Crippen molar-refractivity contribution in [1.82, 2.24) is 5.32 Å². The van der Waals surface area contributed by atoms with Crippen LogP contribution < -0.4 is 10.6 Å². The summed E-state index contributed by atoms with van der Waals surface area (Å²) >= 11 is 1.86. The van der Waals surface area contributed by atoms with E-state index >= 15 is 0 Å². The summed E-state index contributed by atoms with van der Waals surface area (Å²) in [7, 11) is 0. The zero-order valence-electron chi connectivity index (χ0n) is 12.2. The lowest BCUT2D eigenvalue weighted by Crippen LogP contribution is -2.33. The van der Waals surface area contributed by atoms with E-state index in [1.165, 1.54) is 12.5 Å². The summed E-state index contributed by atoms with van der Waals surface area (Å²) in [5.41, 5.74) is 2.06. The molecule has 0 heterocycles. The first-order valence-corrected chi connectivity index (χ1v) is 8.08. The van der Waals surface area contributed by atoms with E-state index in [9.17, 15) is 4.79 Å². The highest BCUT2D eigenvalue weighted by Crippen LogP contribution is 2.19. The van der Waals surface area contributed by atoms with Gasteiger partial charge in [-0.15, -0.1) is 0 Å². The van der Waals surface area contributed by atoms with Crippen LogP contribution in [0, 0.1) is 0 Å². The Morgan fingerprint density at radius 1 is 1.42 bits per heavy atom. The summed E-state index contributed by atoms with van der Waals surface area (Å²) < 4.78 is 0. The minimum atomic E-state index is -0.0356. The summed E-state index contributed by atoms with van der Waals surface area (Å²) in [5.74, 6) is 1.08. The third-order valence-corrected chi connectivity index (χ3v) is 3.79. The zero-order chi connectivity index (χ0) is 14.3. The van der Waals surface area contributed by atoms with Crippen molar-refractivity contribution < 1.29 is 4.79 Å². The topological polar surface area (TPSA) is 41.1 Å². The number of thioether (sulfide) groups is 1. The number of amides is 1. The molecule has 0 radical (unpaired) electrons. The van der Waals surface area contributed by atoms with Gasteiger partial charge in [0.15, 0.2) is 0 Å². The number of nitrogens with one attached hydrogen (secondary N) is 2. The maximum absolute atomic E-state index is 11.1. The van der Waals surface area contributed by atoms with Gasteiger partial charge in [0.1, 0.15) is 0 Å². The van der Waals surface area contributed by atoms with Crippen molar-refractivity contribution in [3.05, 3.63) is 29.8 Å². The molecule has 0 fully saturated rings. The molecule has 0 aliphatic heterocycles. The Hall–Kier alpha value is -1.00. The monoisotopic (exact) mass is 280 g/mol. The fourth-order valence-corrected chi connectivity index (χ4v) is 2.76. The van der Waals surface area contributed by atoms with Crippen LogP contribution in [0.25, 0.3) is 0 Å². The molecule has 0 spiro atoms. The Morgan fingerprint density at radius 2 is 2.16 bits per heavy atom. The van der Waals surface area contributed by atoms with Gasteiger partial charge in [-0.3, -0.25) is 4.79 Å². The molecule has 106 valence electrons. The van der Waals surface area contributed by atoms with Crippen LogP contribution in [0.15, 0.2) is 24.3 Å². The molecule has 1 aromatic carbocycles. The van der Waals surface area contributed by atoms with Crippen LogP contribution in [-0.2, 0) is 4.79 Å². The first-order valence-electron chi connectivity index (χ1n) is 6.69. The maximum Gasteiger partial charge on any atom is 0.221 e. The van der Waals surface area contributed by atoms with Gasteiger partial charge in [0, 0.05) is 30.4 Å². The van der Waals surface area contributed by atoms with Crippen molar-refractivity contribution in [1.29, 1.82) is 0 Å². The molecule has 0 bridgehead atoms. The number of rotatable bonds is 7. The van der Waals surface area contributed by atoms with Gasteiger partial charge in [-0.25, -0.2) is 0 Å². The van der Waals surface area contributed by atoms with Crippen LogP contribution in [-0.4, -0.2) is 24.0 Å². The van der Waals surface area contributed by atoms with Gasteiger partial charge in [0.05, 0.1) is 0 Å². The summed E-state index contributed by atoms with van der Waals surface area (Å²) in [5, 5.41) is 6.45. The molecule has 0 saturated carbocycles. The zero-order valence-corrected chi connectivity index (χ0v) is 13.0. The Labute approximate surface area is 120 Å². The van der Waals surface area contributed by atoms with E-state index in [0.29, 0.717) is 6.04 Å². The second-order valence-electron chi connectivity index (χ2n) is 4.76. The number of carbonyl (C=O) groups is 1. The quantitative estimate of drug-likeness (QED) is 0.804. The van der Waals surface area contributed by atoms with E-state index in [4.69, 9.17) is 0 Å². The number of anilines is 1. The largest absolute Gasteiger partial charge is 0.326 e. The number of benzene rings is 1. The fraction of sp³-hybridized carbons (Fsp3) is 0.533. The lowest BCUT2D eigenvalue weighted by atomic mass is 10.1. The van der Waals surface area contributed by atoms with E-state index in [2.05, 4.69) is 36.8 Å². The molecule has 1 rings (SSSR count). The lowest BCUT2D eigenvalue weighted by molar-refractivity contribution is -0.114. The molecular formula is C15H24N2OS. The molecule has 2 atom stereocenters. The Kier molecular flexibility index (Phi) is 6.95. The van der Waals surface area contributed by atoms with Crippen LogP contribution >= 0.6 is 11.8 Å². The second kappa shape index (κ2) is 8.23. The predicted molar refractivity (Wildman–Crippen MR) is 84.8 cm³/mol. The standard InChI is InChI=1S/C15H24N2OS/c1-5-14(10-19-4)16-11(2)13-7-6-8-15(9-13)17-12(3)18/h6-9,11,14,16H,5,10H2,1-4H3,(H,17,18). The predicted octanol–water partition coefficient (Wildman–Crippen LogP) is 3.44. The summed E-state index contributed by atoms with van der Waals surface area (Å²) in [6.07, 6.45) is 3.25. The highest BCUT2D eigenvalue weighted by molar-refractivity contribution is 7.98. The van der Waals surface area contributed by atoms with Gasteiger partial charge in [0.2, 0.25) is 5.91 Å². The summed E-state index contributed by atoms with van der Waals surface area (Å²) in [4.78, 5) is 11.1. The molecule has 19 heavy (non-hydrogen) atoms. The summed E-state index contributed by atoms with van der Waals surface area (Å²) in [6.45, 7) is 5.89. The SMILES string of the molecule is CCC(CSC)NC(C)c1cccc(NC(C)=O)c1. The first kappa shape index (κ1) is 16.1. The summed E-state index contributed by atoms with van der Waals surface area (Å²) in [6, 6.07) is 8.82. The van der Waals surface area contributed by atoms with Gasteiger partial charge in [0.25, 0.3) is 0 Å². The number of hydrogen-bond donors (Lipinski definition) is 2. The highest BCUT2D eigenvalue weighted by Gasteiger charge is 2.11. The van der Waals surface area contributed by atoms with Gasteiger partial charge in [-0.05, 0) is 37.3 Å². The molecule has 4 heteroatoms. The van der Waals surface area contributed by atoms with E-state index in [1.807, 2.05) is 30.0 Å². The van der Waals surface area contributed by atoms with Crippen molar-refractivity contribution in [2.24, 2.45) is 0 Å². The number of hydrogen-bond acceptors (Lipinski definition) is 3. The van der Waals surface area contributed by atoms with Crippen LogP contribution in [0.2, 0.25) is 0 Å². The fourth-order valence-electron chi connectivity index (χ4n) is 2.02. The molecule has 1 amide bonds. The van der Waals surface area contributed by atoms with Crippen molar-refractivity contribution >= 4 is 23.4 Å². The average molecular weight is 280 g/mol. The van der Waals surface area contributed by atoms with Crippen molar-refractivity contribution in [2.45, 2.75) is 39.3 Å². The molecule has 0 aromatic heterocycles. The molecule has 0 saturated heterocycles. The van der Waals surface area contributed by atoms with Crippen LogP contribution in [0.1, 0.15) is 38.8 Å². The van der Waals surface area contributed by atoms with E-state index in [-0.39, 0.29) is 11.9 Å². The van der Waals surface area contributed by atoms with Gasteiger partial charge < -0.3 is 10.6 Å². The Morgan fingerprint density at radius 3 is 2.74 bits per heavy atom. The third kappa shape index (κ3) is 5.66. The maximum atomic E-state index is 11.1. The van der Waals surface area contributed by atoms with E-state index in [1.54, 1.807) is 0 Å². The average Bonchev–Trinajstić information content (AvgIpc) is 2.37. The molecule has 0 aliphatic carbocycles. The lowest BCUT2D eigenvalue weighted by Gasteiger charge is -2.22. The smallest absolute Gasteiger partial charge is 0.221 e. The molecular weight excluding hydrogens is 256 g/mol. The van der Waals surface area contributed by atoms with Gasteiger partial charge in [-0.1, -0.05) is 19.1 Å². The normalized spacial score (nSPS) is 13.9. The van der Waals surface area contributed by atoms with Crippen LogP contribution in [0.3, 0.4) is 0 Å². The van der Waals surface area contributed by atoms with Crippen molar-refractivity contribution in [3.63, 3.8) is 0 Å². The molecule has 3 nitrogen and oxygen atoms in total. The van der Waals surface area contributed by atoms with Crippen LogP contribution in [0.4, 0.5) is 5.69 Å². The molecule has 2 unspecified atom stereocenters. The van der Waals surface area contributed by atoms with Gasteiger partial charge in [-0.2, -0.15) is 11.8 Å². The minimum Gasteiger partial charge on any atom is -0.326 e. The third-order valence-electron chi connectivity index (χ3n) is 3.05. The van der Waals surface area contributed by atoms with Crippen molar-refractivity contribution in [2.75, 3.05) is 17.3 Å². The van der Waals surface area contributed by atoms with Crippen LogP contribution in [0.5, 0.6) is 0 Å².